The van der Waals surface area contributed by atoms with Crippen molar-refractivity contribution in [2.75, 3.05) is 25.1 Å². The molecule has 7 nitrogen and oxygen atoms in total. The van der Waals surface area contributed by atoms with Crippen LogP contribution in [0.15, 0.2) is 109 Å². The highest BCUT2D eigenvalue weighted by Gasteiger charge is 2.46. The number of hydrogen-bond acceptors (Lipinski definition) is 6. The standard InChI is InChI=1S/C35H32N2O5/c1-35(29-11-8-12-30-28(29)19-20-36-30,34(39)41-22-24-9-4-3-5-10-24)33(38)25-15-17-26(18-16-25)40-23-27-21-37(2)31-13-6-7-14-32(31)42-27/h3-20,27,36H,21-23H2,1-2H3/t27-,35?/m0/s1. The Kier molecular flexibility index (Phi) is 7.40. The molecule has 6 rings (SSSR count). The molecule has 2 atom stereocenters. The third-order valence-corrected chi connectivity index (χ3v) is 7.81. The van der Waals surface area contributed by atoms with Gasteiger partial charge >= 0.3 is 5.97 Å². The number of anilines is 1. The topological polar surface area (TPSA) is 80.9 Å². The van der Waals surface area contributed by atoms with E-state index in [0.29, 0.717) is 30.0 Å². The minimum atomic E-state index is -1.58. The van der Waals surface area contributed by atoms with Crippen LogP contribution in [-0.4, -0.2) is 43.0 Å². The van der Waals surface area contributed by atoms with E-state index >= 15 is 0 Å². The van der Waals surface area contributed by atoms with Crippen LogP contribution >= 0.6 is 0 Å². The number of carbonyl (C=O) groups excluding carboxylic acids is 2. The van der Waals surface area contributed by atoms with E-state index in [0.717, 1.165) is 27.9 Å². The zero-order valence-electron chi connectivity index (χ0n) is 23.6. The molecule has 0 spiro atoms. The summed E-state index contributed by atoms with van der Waals surface area (Å²) in [6, 6.07) is 31.7. The number of likely N-dealkylation sites (N-methyl/N-ethyl adjacent to an activating group) is 1. The van der Waals surface area contributed by atoms with Gasteiger partial charge in [0.15, 0.2) is 11.2 Å². The largest absolute Gasteiger partial charge is 0.490 e. The van der Waals surface area contributed by atoms with E-state index < -0.39 is 11.4 Å². The van der Waals surface area contributed by atoms with Gasteiger partial charge in [0.05, 0.1) is 12.2 Å². The number of hydrogen-bond donors (Lipinski definition) is 1. The molecule has 0 fully saturated rings. The summed E-state index contributed by atoms with van der Waals surface area (Å²) in [4.78, 5) is 33.3. The summed E-state index contributed by atoms with van der Waals surface area (Å²) < 4.78 is 17.9. The summed E-state index contributed by atoms with van der Waals surface area (Å²) in [6.45, 7) is 2.76. The second-order valence-electron chi connectivity index (χ2n) is 10.7. The number of rotatable bonds is 9. The normalized spacial score (nSPS) is 15.8. The number of nitrogens with one attached hydrogen (secondary N) is 1. The molecule has 212 valence electrons. The number of esters is 1. The van der Waals surface area contributed by atoms with E-state index in [1.54, 1.807) is 37.4 Å². The number of ketones is 1. The fraction of sp³-hybridized carbons (Fsp3) is 0.200. The molecule has 0 aliphatic carbocycles. The molecule has 0 radical (unpaired) electrons. The fourth-order valence-electron chi connectivity index (χ4n) is 5.47. The number of benzene rings is 4. The fourth-order valence-corrected chi connectivity index (χ4v) is 5.47. The molecule has 2 heterocycles. The smallest absolute Gasteiger partial charge is 0.324 e. The van der Waals surface area contributed by atoms with Crippen molar-refractivity contribution in [1.82, 2.24) is 4.98 Å². The van der Waals surface area contributed by atoms with Crippen LogP contribution in [0.1, 0.15) is 28.4 Å². The molecule has 0 saturated heterocycles. The quantitative estimate of drug-likeness (QED) is 0.129. The second-order valence-corrected chi connectivity index (χ2v) is 10.7. The lowest BCUT2D eigenvalue weighted by atomic mass is 9.75. The molecule has 1 aromatic heterocycles. The van der Waals surface area contributed by atoms with Gasteiger partial charge in [0.1, 0.15) is 30.8 Å². The van der Waals surface area contributed by atoms with Gasteiger partial charge in [-0.25, -0.2) is 0 Å². The van der Waals surface area contributed by atoms with Gasteiger partial charge < -0.3 is 24.1 Å². The SMILES string of the molecule is CN1C[C@@H](COc2ccc(C(=O)C(C)(C(=O)OCc3ccccc3)c3cccc4[nH]ccc34)cc2)Oc2ccccc21. The Morgan fingerprint density at radius 1 is 0.929 bits per heavy atom. The summed E-state index contributed by atoms with van der Waals surface area (Å²) >= 11 is 0. The van der Waals surface area contributed by atoms with Crippen molar-refractivity contribution in [2.45, 2.75) is 25.0 Å². The summed E-state index contributed by atoms with van der Waals surface area (Å²) in [5.41, 5.74) is 2.13. The number of aromatic nitrogens is 1. The summed E-state index contributed by atoms with van der Waals surface area (Å²) in [5.74, 6) is 0.480. The maximum Gasteiger partial charge on any atom is 0.324 e. The van der Waals surface area contributed by atoms with Crippen LogP contribution in [0.25, 0.3) is 10.9 Å². The predicted octanol–water partition coefficient (Wildman–Crippen LogP) is 6.33. The minimum Gasteiger partial charge on any atom is -0.490 e. The number of para-hydroxylation sites is 2. The summed E-state index contributed by atoms with van der Waals surface area (Å²) in [5, 5.41) is 0.795. The van der Waals surface area contributed by atoms with Crippen molar-refractivity contribution in [3.05, 3.63) is 126 Å². The molecule has 5 aromatic rings. The number of fused-ring (bicyclic) bond motifs is 2. The van der Waals surface area contributed by atoms with Crippen molar-refractivity contribution in [1.29, 1.82) is 0 Å². The lowest BCUT2D eigenvalue weighted by Crippen LogP contribution is -2.42. The number of nitrogens with zero attached hydrogens (tertiary/aromatic N) is 1. The third kappa shape index (κ3) is 5.21. The summed E-state index contributed by atoms with van der Waals surface area (Å²) in [6.07, 6.45) is 1.66. The van der Waals surface area contributed by atoms with Gasteiger partial charge in [-0.05, 0) is 66.6 Å². The van der Waals surface area contributed by atoms with Gasteiger partial charge in [-0.3, -0.25) is 9.59 Å². The number of Topliss-reactive ketones (excluding diaryl/α,β-unsaturated/α-hetero) is 1. The van der Waals surface area contributed by atoms with Crippen LogP contribution in [0, 0.1) is 0 Å². The van der Waals surface area contributed by atoms with Crippen molar-refractivity contribution < 1.29 is 23.8 Å². The highest BCUT2D eigenvalue weighted by Crippen LogP contribution is 2.36. The molecule has 0 amide bonds. The first-order chi connectivity index (χ1) is 20.4. The molecule has 1 N–H and O–H groups in total. The van der Waals surface area contributed by atoms with E-state index in [2.05, 4.69) is 9.88 Å². The Balaban J connectivity index is 1.22. The lowest BCUT2D eigenvalue weighted by molar-refractivity contribution is -0.149. The Morgan fingerprint density at radius 3 is 2.50 bits per heavy atom. The van der Waals surface area contributed by atoms with Crippen molar-refractivity contribution in [2.24, 2.45) is 0 Å². The first-order valence-electron chi connectivity index (χ1n) is 14.0. The van der Waals surface area contributed by atoms with E-state index in [1.165, 1.54) is 0 Å². The molecule has 1 aliphatic rings. The molecule has 7 heteroatoms. The first-order valence-corrected chi connectivity index (χ1v) is 14.0. The van der Waals surface area contributed by atoms with Crippen LogP contribution in [0.4, 0.5) is 5.69 Å². The van der Waals surface area contributed by atoms with E-state index in [9.17, 15) is 9.59 Å². The van der Waals surface area contributed by atoms with Gasteiger partial charge in [-0.15, -0.1) is 0 Å². The molecule has 1 aliphatic heterocycles. The lowest BCUT2D eigenvalue weighted by Gasteiger charge is -2.33. The van der Waals surface area contributed by atoms with Gasteiger partial charge in [0.2, 0.25) is 0 Å². The molecule has 0 saturated carbocycles. The van der Waals surface area contributed by atoms with Crippen molar-refractivity contribution in [3.63, 3.8) is 0 Å². The Hall–Kier alpha value is -5.04. The number of ether oxygens (including phenoxy) is 3. The molecular formula is C35H32N2O5. The average molecular weight is 561 g/mol. The van der Waals surface area contributed by atoms with Gasteiger partial charge in [-0.1, -0.05) is 54.6 Å². The monoisotopic (exact) mass is 560 g/mol. The van der Waals surface area contributed by atoms with Crippen molar-refractivity contribution >= 4 is 28.3 Å². The predicted molar refractivity (Wildman–Crippen MR) is 162 cm³/mol. The van der Waals surface area contributed by atoms with Crippen LogP contribution in [-0.2, 0) is 21.6 Å². The van der Waals surface area contributed by atoms with E-state index in [4.69, 9.17) is 14.2 Å². The van der Waals surface area contributed by atoms with E-state index in [-0.39, 0.29) is 18.5 Å². The highest BCUT2D eigenvalue weighted by atomic mass is 16.5. The summed E-state index contributed by atoms with van der Waals surface area (Å²) in [7, 11) is 2.03. The zero-order valence-corrected chi connectivity index (χ0v) is 23.6. The molecule has 0 bridgehead atoms. The first kappa shape index (κ1) is 27.1. The number of carbonyl (C=O) groups is 2. The van der Waals surface area contributed by atoms with Gasteiger partial charge in [0.25, 0.3) is 0 Å². The average Bonchev–Trinajstić information content (AvgIpc) is 3.52. The number of aromatic amines is 1. The Morgan fingerprint density at radius 2 is 1.69 bits per heavy atom. The minimum absolute atomic E-state index is 0.0708. The Bertz CT molecular complexity index is 1710. The molecule has 1 unspecified atom stereocenters. The van der Waals surface area contributed by atoms with Crippen LogP contribution in [0.3, 0.4) is 0 Å². The van der Waals surface area contributed by atoms with Crippen molar-refractivity contribution in [3.8, 4) is 11.5 Å². The van der Waals surface area contributed by atoms with E-state index in [1.807, 2.05) is 85.9 Å². The third-order valence-electron chi connectivity index (χ3n) is 7.81. The zero-order chi connectivity index (χ0) is 29.1. The molecule has 42 heavy (non-hydrogen) atoms. The highest BCUT2D eigenvalue weighted by molar-refractivity contribution is 6.18. The van der Waals surface area contributed by atoms with Crippen LogP contribution < -0.4 is 14.4 Å². The molecule has 4 aromatic carbocycles. The maximum absolute atomic E-state index is 14.2. The van der Waals surface area contributed by atoms with Gasteiger partial charge in [-0.2, -0.15) is 0 Å². The molecular weight excluding hydrogens is 528 g/mol. The maximum atomic E-state index is 14.2. The second kappa shape index (κ2) is 11.4. The Labute approximate surface area is 244 Å². The van der Waals surface area contributed by atoms with Crippen LogP contribution in [0.5, 0.6) is 11.5 Å². The van der Waals surface area contributed by atoms with Crippen LogP contribution in [0.2, 0.25) is 0 Å². The number of H-pyrrole nitrogens is 1. The van der Waals surface area contributed by atoms with Gasteiger partial charge in [0, 0.05) is 29.7 Å².